The molecule has 2 heterocycles. The zero-order valence-corrected chi connectivity index (χ0v) is 15.3. The molecule has 0 bridgehead atoms. The summed E-state index contributed by atoms with van der Waals surface area (Å²) in [6.45, 7) is 2.40. The summed E-state index contributed by atoms with van der Waals surface area (Å²) in [7, 11) is -3.30. The molecule has 1 N–H and O–H groups in total. The molecule has 0 spiro atoms. The van der Waals surface area contributed by atoms with Crippen LogP contribution in [0.4, 0.5) is 18.3 Å². The Bertz CT molecular complexity index is 696. The maximum absolute atomic E-state index is 12.5. The number of thiazole rings is 1. The number of rotatable bonds is 6. The molecule has 0 saturated carbocycles. The second-order valence-electron chi connectivity index (χ2n) is 5.87. The van der Waals surface area contributed by atoms with Crippen molar-refractivity contribution in [3.63, 3.8) is 0 Å². The lowest BCUT2D eigenvalue weighted by atomic mass is 9.97. The normalized spacial score (nSPS) is 17.6. The van der Waals surface area contributed by atoms with Crippen molar-refractivity contribution in [1.29, 1.82) is 0 Å². The van der Waals surface area contributed by atoms with Gasteiger partial charge in [-0.3, -0.25) is 4.79 Å². The fraction of sp³-hybridized carbons (Fsp3) is 0.714. The predicted octanol–water partition coefficient (Wildman–Crippen LogP) is 2.94. The van der Waals surface area contributed by atoms with E-state index in [9.17, 15) is 26.4 Å². The summed E-state index contributed by atoms with van der Waals surface area (Å²) < 4.78 is 63.1. The predicted molar refractivity (Wildman–Crippen MR) is 88.7 cm³/mol. The lowest BCUT2D eigenvalue weighted by molar-refractivity contribution is -0.140. The monoisotopic (exact) mass is 399 g/mol. The van der Waals surface area contributed by atoms with Crippen LogP contribution >= 0.6 is 11.3 Å². The summed E-state index contributed by atoms with van der Waals surface area (Å²) in [5.74, 6) is -0.760. The first-order valence-electron chi connectivity index (χ1n) is 7.95. The Hall–Kier alpha value is -1.20. The third-order valence-electron chi connectivity index (χ3n) is 4.00. The average Bonchev–Trinajstić information content (AvgIpc) is 3.02. The van der Waals surface area contributed by atoms with E-state index in [4.69, 9.17) is 0 Å². The number of carbonyl (C=O) groups is 1. The van der Waals surface area contributed by atoms with E-state index in [0.29, 0.717) is 30.6 Å². The van der Waals surface area contributed by atoms with Gasteiger partial charge < -0.3 is 5.32 Å². The fourth-order valence-electron chi connectivity index (χ4n) is 2.52. The van der Waals surface area contributed by atoms with E-state index >= 15 is 0 Å². The van der Waals surface area contributed by atoms with Gasteiger partial charge in [-0.15, -0.1) is 11.3 Å². The van der Waals surface area contributed by atoms with Crippen LogP contribution in [0.3, 0.4) is 0 Å². The van der Waals surface area contributed by atoms with Crippen LogP contribution in [0.5, 0.6) is 0 Å². The molecule has 11 heteroatoms. The molecule has 0 aliphatic carbocycles. The number of piperidine rings is 1. The zero-order chi connectivity index (χ0) is 18.7. The highest BCUT2D eigenvalue weighted by molar-refractivity contribution is 7.89. The standard InChI is InChI=1S/C14H20F3N3O3S2/c1-2-3-8-25(22,23)20-6-4-10(5-7-20)12(21)19-13-18-11(9-24-13)14(15,16)17/h9-10H,2-8H2,1H3,(H,18,19,21). The van der Waals surface area contributed by atoms with Crippen LogP contribution in [0.15, 0.2) is 5.38 Å². The SMILES string of the molecule is CCCCS(=O)(=O)N1CCC(C(=O)Nc2nc(C(F)(F)F)cs2)CC1. The minimum absolute atomic E-state index is 0.0969. The second kappa shape index (κ2) is 8.00. The number of hydrogen-bond donors (Lipinski definition) is 1. The summed E-state index contributed by atoms with van der Waals surface area (Å²) in [5, 5.41) is 3.14. The lowest BCUT2D eigenvalue weighted by Crippen LogP contribution is -2.42. The molecule has 142 valence electrons. The van der Waals surface area contributed by atoms with Crippen LogP contribution in [-0.4, -0.2) is 42.5 Å². The minimum Gasteiger partial charge on any atom is -0.302 e. The van der Waals surface area contributed by atoms with Crippen LogP contribution in [0.1, 0.15) is 38.3 Å². The largest absolute Gasteiger partial charge is 0.434 e. The van der Waals surface area contributed by atoms with Crippen LogP contribution in [0.2, 0.25) is 0 Å². The number of aromatic nitrogens is 1. The van der Waals surface area contributed by atoms with E-state index in [2.05, 4.69) is 10.3 Å². The maximum atomic E-state index is 12.5. The van der Waals surface area contributed by atoms with Gasteiger partial charge in [-0.25, -0.2) is 17.7 Å². The van der Waals surface area contributed by atoms with Crippen molar-refractivity contribution >= 4 is 32.4 Å². The highest BCUT2D eigenvalue weighted by Crippen LogP contribution is 2.32. The maximum Gasteiger partial charge on any atom is 0.434 e. The van der Waals surface area contributed by atoms with Crippen LogP contribution in [0, 0.1) is 5.92 Å². The summed E-state index contributed by atoms with van der Waals surface area (Å²) in [5.41, 5.74) is -1.04. The average molecular weight is 399 g/mol. The van der Waals surface area contributed by atoms with Crippen molar-refractivity contribution in [1.82, 2.24) is 9.29 Å². The molecular weight excluding hydrogens is 379 g/mol. The molecule has 1 fully saturated rings. The second-order valence-corrected chi connectivity index (χ2v) is 8.81. The van der Waals surface area contributed by atoms with E-state index in [-0.39, 0.29) is 24.0 Å². The lowest BCUT2D eigenvalue weighted by Gasteiger charge is -2.30. The van der Waals surface area contributed by atoms with Gasteiger partial charge in [0.15, 0.2) is 10.8 Å². The molecule has 0 atom stereocenters. The number of hydrogen-bond acceptors (Lipinski definition) is 5. The number of unbranched alkanes of at least 4 members (excludes halogenated alkanes) is 1. The molecule has 0 unspecified atom stereocenters. The number of amides is 1. The Morgan fingerprint density at radius 1 is 1.40 bits per heavy atom. The van der Waals surface area contributed by atoms with Crippen molar-refractivity contribution in [3.05, 3.63) is 11.1 Å². The van der Waals surface area contributed by atoms with Gasteiger partial charge in [0.25, 0.3) is 0 Å². The number of nitrogens with one attached hydrogen (secondary N) is 1. The summed E-state index contributed by atoms with van der Waals surface area (Å²) in [6.07, 6.45) is -2.48. The van der Waals surface area contributed by atoms with E-state index in [1.165, 1.54) is 4.31 Å². The first-order chi connectivity index (χ1) is 11.6. The topological polar surface area (TPSA) is 79.4 Å². The first-order valence-corrected chi connectivity index (χ1v) is 10.4. The highest BCUT2D eigenvalue weighted by atomic mass is 32.2. The molecule has 6 nitrogen and oxygen atoms in total. The van der Waals surface area contributed by atoms with E-state index in [1.807, 2.05) is 6.92 Å². The Morgan fingerprint density at radius 3 is 2.56 bits per heavy atom. The Morgan fingerprint density at radius 2 is 2.04 bits per heavy atom. The van der Waals surface area contributed by atoms with E-state index in [0.717, 1.165) is 11.8 Å². The van der Waals surface area contributed by atoms with Crippen LogP contribution in [0.25, 0.3) is 0 Å². The van der Waals surface area contributed by atoms with E-state index in [1.54, 1.807) is 0 Å². The number of sulfonamides is 1. The molecule has 0 radical (unpaired) electrons. The Balaban J connectivity index is 1.88. The van der Waals surface area contributed by atoms with Crippen molar-refractivity contribution in [2.24, 2.45) is 5.92 Å². The fourth-order valence-corrected chi connectivity index (χ4v) is 4.92. The van der Waals surface area contributed by atoms with Crippen LogP contribution in [-0.2, 0) is 21.0 Å². The van der Waals surface area contributed by atoms with Gasteiger partial charge >= 0.3 is 6.18 Å². The van der Waals surface area contributed by atoms with Crippen molar-refractivity contribution < 1.29 is 26.4 Å². The third kappa shape index (κ3) is 5.38. The van der Waals surface area contributed by atoms with Crippen molar-refractivity contribution in [2.75, 3.05) is 24.2 Å². The molecule has 1 aromatic rings. The highest BCUT2D eigenvalue weighted by Gasteiger charge is 2.35. The van der Waals surface area contributed by atoms with Gasteiger partial charge in [-0.1, -0.05) is 13.3 Å². The first kappa shape index (κ1) is 20.1. The van der Waals surface area contributed by atoms with Gasteiger partial charge in [0.05, 0.1) is 5.75 Å². The molecule has 1 saturated heterocycles. The van der Waals surface area contributed by atoms with Gasteiger partial charge in [0.1, 0.15) is 0 Å². The Kier molecular flexibility index (Phi) is 6.44. The quantitative estimate of drug-likeness (QED) is 0.798. The molecular formula is C14H20F3N3O3S2. The van der Waals surface area contributed by atoms with Crippen LogP contribution < -0.4 is 5.32 Å². The number of halogens is 3. The van der Waals surface area contributed by atoms with Crippen molar-refractivity contribution in [2.45, 2.75) is 38.8 Å². The molecule has 0 aromatic carbocycles. The summed E-state index contributed by atoms with van der Waals surface area (Å²) >= 11 is 0.713. The zero-order valence-electron chi connectivity index (χ0n) is 13.7. The number of nitrogens with zero attached hydrogens (tertiary/aromatic N) is 2. The van der Waals surface area contributed by atoms with Gasteiger partial charge in [-0.05, 0) is 19.3 Å². The van der Waals surface area contributed by atoms with Gasteiger partial charge in [-0.2, -0.15) is 13.2 Å². The third-order valence-corrected chi connectivity index (χ3v) is 6.71. The Labute approximate surface area is 148 Å². The molecule has 1 amide bonds. The molecule has 25 heavy (non-hydrogen) atoms. The number of carbonyl (C=O) groups excluding carboxylic acids is 1. The van der Waals surface area contributed by atoms with E-state index < -0.39 is 33.7 Å². The van der Waals surface area contributed by atoms with Gasteiger partial charge in [0.2, 0.25) is 15.9 Å². The number of anilines is 1. The molecule has 1 aliphatic rings. The van der Waals surface area contributed by atoms with Crippen molar-refractivity contribution in [3.8, 4) is 0 Å². The number of alkyl halides is 3. The molecule has 1 aromatic heterocycles. The smallest absolute Gasteiger partial charge is 0.302 e. The molecule has 2 rings (SSSR count). The molecule has 1 aliphatic heterocycles. The summed E-state index contributed by atoms with van der Waals surface area (Å²) in [6, 6.07) is 0. The van der Waals surface area contributed by atoms with Gasteiger partial charge in [0, 0.05) is 24.4 Å². The summed E-state index contributed by atoms with van der Waals surface area (Å²) in [4.78, 5) is 15.5. The minimum atomic E-state index is -4.54.